The second-order valence-corrected chi connectivity index (χ2v) is 5.55. The topological polar surface area (TPSA) is 29.5 Å². The Morgan fingerprint density at radius 2 is 1.95 bits per heavy atom. The molecule has 1 aliphatic rings. The molecule has 0 spiro atoms. The van der Waals surface area contributed by atoms with Crippen LogP contribution in [-0.2, 0) is 4.79 Å². The van der Waals surface area contributed by atoms with E-state index in [9.17, 15) is 4.79 Å². The number of hydrogen-bond acceptors (Lipinski definition) is 3. The summed E-state index contributed by atoms with van der Waals surface area (Å²) in [4.78, 5) is 13.6. The Hall–Kier alpha value is -1.87. The number of carbonyl (C=O) groups excluding carboxylic acids is 1. The van der Waals surface area contributed by atoms with E-state index < -0.39 is 0 Å². The second-order valence-electron chi connectivity index (χ2n) is 5.55. The number of likely N-dealkylation sites (N-methyl/N-ethyl adjacent to an activating group) is 1. The lowest BCUT2D eigenvalue weighted by atomic mass is 10.1. The van der Waals surface area contributed by atoms with Crippen LogP contribution in [0.1, 0.15) is 13.3 Å². The minimum atomic E-state index is 0.000423. The van der Waals surface area contributed by atoms with Gasteiger partial charge in [-0.25, -0.2) is 0 Å². The van der Waals surface area contributed by atoms with Crippen molar-refractivity contribution in [1.29, 1.82) is 0 Å². The zero-order valence-corrected chi connectivity index (χ0v) is 11.9. The van der Waals surface area contributed by atoms with E-state index in [2.05, 4.69) is 29.2 Å². The lowest BCUT2D eigenvalue weighted by Gasteiger charge is -2.14. The van der Waals surface area contributed by atoms with Gasteiger partial charge in [0.1, 0.15) is 17.6 Å². The average molecular weight is 269 g/mol. The normalized spacial score (nSPS) is 23.1. The lowest BCUT2D eigenvalue weighted by molar-refractivity contribution is -0.120. The molecule has 3 nitrogen and oxygen atoms in total. The fraction of sp³-hybridized carbons (Fsp3) is 0.353. The first-order valence-electron chi connectivity index (χ1n) is 6.99. The predicted molar refractivity (Wildman–Crippen MR) is 80.1 cm³/mol. The van der Waals surface area contributed by atoms with Crippen molar-refractivity contribution in [2.24, 2.45) is 0 Å². The van der Waals surface area contributed by atoms with Gasteiger partial charge in [-0.15, -0.1) is 0 Å². The van der Waals surface area contributed by atoms with E-state index >= 15 is 0 Å². The maximum Gasteiger partial charge on any atom is 0.147 e. The summed E-state index contributed by atoms with van der Waals surface area (Å²) in [6.07, 6.45) is 0.869. The van der Waals surface area contributed by atoms with E-state index in [0.29, 0.717) is 0 Å². The Labute approximate surface area is 119 Å². The van der Waals surface area contributed by atoms with Crippen LogP contribution < -0.4 is 4.74 Å². The quantitative estimate of drug-likeness (QED) is 0.858. The van der Waals surface area contributed by atoms with Crippen LogP contribution in [-0.4, -0.2) is 36.4 Å². The van der Waals surface area contributed by atoms with Gasteiger partial charge in [0.05, 0.1) is 6.04 Å². The SMILES string of the molecule is CC(=O)C1CC(Oc2ccc3ccccc3c2)CN1C. The van der Waals surface area contributed by atoms with Crippen molar-refractivity contribution < 1.29 is 9.53 Å². The highest BCUT2D eigenvalue weighted by Crippen LogP contribution is 2.25. The highest BCUT2D eigenvalue weighted by molar-refractivity contribution is 5.83. The molecule has 0 aliphatic carbocycles. The van der Waals surface area contributed by atoms with Gasteiger partial charge < -0.3 is 4.74 Å². The Kier molecular flexibility index (Phi) is 3.45. The van der Waals surface area contributed by atoms with Crippen LogP contribution in [0.15, 0.2) is 42.5 Å². The number of benzene rings is 2. The Bertz CT molecular complexity index is 638. The van der Waals surface area contributed by atoms with Gasteiger partial charge in [0.2, 0.25) is 0 Å². The van der Waals surface area contributed by atoms with E-state index in [-0.39, 0.29) is 17.9 Å². The molecule has 0 amide bonds. The first kappa shape index (κ1) is 13.1. The van der Waals surface area contributed by atoms with Gasteiger partial charge in [0.25, 0.3) is 0 Å². The molecule has 0 bridgehead atoms. The third-order valence-electron chi connectivity index (χ3n) is 4.00. The Balaban J connectivity index is 1.75. The molecular weight excluding hydrogens is 250 g/mol. The average Bonchev–Trinajstić information content (AvgIpc) is 2.79. The molecule has 2 atom stereocenters. The molecule has 20 heavy (non-hydrogen) atoms. The van der Waals surface area contributed by atoms with Crippen LogP contribution in [0.2, 0.25) is 0 Å². The van der Waals surface area contributed by atoms with E-state index in [1.54, 1.807) is 6.92 Å². The molecule has 1 heterocycles. The van der Waals surface area contributed by atoms with E-state index in [0.717, 1.165) is 18.7 Å². The van der Waals surface area contributed by atoms with Crippen molar-refractivity contribution in [2.75, 3.05) is 13.6 Å². The molecule has 3 heteroatoms. The molecule has 104 valence electrons. The summed E-state index contributed by atoms with van der Waals surface area (Å²) in [5, 5.41) is 2.39. The number of rotatable bonds is 3. The van der Waals surface area contributed by atoms with E-state index in [1.807, 2.05) is 25.2 Å². The molecule has 2 unspecified atom stereocenters. The van der Waals surface area contributed by atoms with Gasteiger partial charge in [-0.1, -0.05) is 30.3 Å². The fourth-order valence-electron chi connectivity index (χ4n) is 2.95. The molecule has 2 aromatic carbocycles. The fourth-order valence-corrected chi connectivity index (χ4v) is 2.95. The smallest absolute Gasteiger partial charge is 0.147 e. The minimum absolute atomic E-state index is 0.000423. The molecular formula is C17H19NO2. The number of likely N-dealkylation sites (tertiary alicyclic amines) is 1. The third-order valence-corrected chi connectivity index (χ3v) is 4.00. The van der Waals surface area contributed by atoms with Crippen molar-refractivity contribution in [3.05, 3.63) is 42.5 Å². The molecule has 1 aliphatic heterocycles. The van der Waals surface area contributed by atoms with Crippen LogP contribution >= 0.6 is 0 Å². The Morgan fingerprint density at radius 3 is 2.65 bits per heavy atom. The summed E-state index contributed by atoms with van der Waals surface area (Å²) in [5.41, 5.74) is 0. The van der Waals surface area contributed by atoms with Crippen molar-refractivity contribution >= 4 is 16.6 Å². The molecule has 0 saturated carbocycles. The minimum Gasteiger partial charge on any atom is -0.489 e. The van der Waals surface area contributed by atoms with Gasteiger partial charge in [0.15, 0.2) is 0 Å². The first-order valence-corrected chi connectivity index (χ1v) is 6.99. The van der Waals surface area contributed by atoms with Crippen molar-refractivity contribution in [1.82, 2.24) is 4.90 Å². The van der Waals surface area contributed by atoms with Gasteiger partial charge >= 0.3 is 0 Å². The van der Waals surface area contributed by atoms with Gasteiger partial charge in [-0.05, 0) is 36.9 Å². The summed E-state index contributed by atoms with van der Waals surface area (Å²) in [7, 11) is 1.98. The second kappa shape index (κ2) is 5.25. The molecule has 1 saturated heterocycles. The van der Waals surface area contributed by atoms with Gasteiger partial charge in [-0.3, -0.25) is 9.69 Å². The summed E-state index contributed by atoms with van der Waals surface area (Å²) >= 11 is 0. The molecule has 3 rings (SSSR count). The highest BCUT2D eigenvalue weighted by atomic mass is 16.5. The zero-order chi connectivity index (χ0) is 14.1. The van der Waals surface area contributed by atoms with E-state index in [1.165, 1.54) is 10.8 Å². The molecule has 2 aromatic rings. The maximum atomic E-state index is 11.5. The third kappa shape index (κ3) is 2.54. The number of hydrogen-bond donors (Lipinski definition) is 0. The summed E-state index contributed by atoms with van der Waals surface area (Å²) in [6, 6.07) is 14.4. The van der Waals surface area contributed by atoms with Crippen LogP contribution in [0.3, 0.4) is 0 Å². The summed E-state index contributed by atoms with van der Waals surface area (Å²) in [5.74, 6) is 1.10. The van der Waals surface area contributed by atoms with Crippen molar-refractivity contribution in [2.45, 2.75) is 25.5 Å². The lowest BCUT2D eigenvalue weighted by Crippen LogP contribution is -2.31. The molecule has 0 radical (unpaired) electrons. The van der Waals surface area contributed by atoms with Gasteiger partial charge in [0, 0.05) is 13.0 Å². The van der Waals surface area contributed by atoms with Crippen LogP contribution in [0.4, 0.5) is 0 Å². The largest absolute Gasteiger partial charge is 0.489 e. The molecule has 0 aromatic heterocycles. The summed E-state index contributed by atoms with van der Waals surface area (Å²) in [6.45, 7) is 2.46. The first-order chi connectivity index (χ1) is 9.63. The van der Waals surface area contributed by atoms with Crippen molar-refractivity contribution in [3.8, 4) is 5.75 Å². The monoisotopic (exact) mass is 269 g/mol. The Morgan fingerprint density at radius 1 is 1.20 bits per heavy atom. The van der Waals surface area contributed by atoms with Crippen LogP contribution in [0, 0.1) is 0 Å². The summed E-state index contributed by atoms with van der Waals surface area (Å²) < 4.78 is 6.04. The standard InChI is InChI=1S/C17H19NO2/c1-12(19)17-10-16(11-18(17)2)20-15-8-7-13-5-3-4-6-14(13)9-15/h3-9,16-17H,10-11H2,1-2H3. The van der Waals surface area contributed by atoms with Gasteiger partial charge in [-0.2, -0.15) is 0 Å². The number of Topliss-reactive ketones (excluding diaryl/α,β-unsaturated/α-hetero) is 1. The van der Waals surface area contributed by atoms with E-state index in [4.69, 9.17) is 4.74 Å². The highest BCUT2D eigenvalue weighted by Gasteiger charge is 2.33. The van der Waals surface area contributed by atoms with Crippen LogP contribution in [0.5, 0.6) is 5.75 Å². The van der Waals surface area contributed by atoms with Crippen LogP contribution in [0.25, 0.3) is 10.8 Å². The molecule has 0 N–H and O–H groups in total. The van der Waals surface area contributed by atoms with Crippen molar-refractivity contribution in [3.63, 3.8) is 0 Å². The number of ether oxygens (including phenoxy) is 1. The number of nitrogens with zero attached hydrogens (tertiary/aromatic N) is 1. The molecule has 1 fully saturated rings. The zero-order valence-electron chi connectivity index (χ0n) is 11.9. The number of fused-ring (bicyclic) bond motifs is 1. The predicted octanol–water partition coefficient (Wildman–Crippen LogP) is 2.88. The number of ketones is 1. The number of carbonyl (C=O) groups is 1. The maximum absolute atomic E-state index is 11.5.